The molecular formula is C16H16N8O. The number of anilines is 1. The molecule has 0 saturated carbocycles. The summed E-state index contributed by atoms with van der Waals surface area (Å²) in [6.45, 7) is 2.07. The van der Waals surface area contributed by atoms with E-state index in [9.17, 15) is 4.79 Å². The fourth-order valence-corrected chi connectivity index (χ4v) is 2.68. The molecule has 0 fully saturated rings. The van der Waals surface area contributed by atoms with Crippen LogP contribution in [0.1, 0.15) is 5.69 Å². The third-order valence-corrected chi connectivity index (χ3v) is 3.77. The molecule has 0 aliphatic rings. The third-order valence-electron chi connectivity index (χ3n) is 3.77. The lowest BCUT2D eigenvalue weighted by Crippen LogP contribution is -2.19. The Morgan fingerprint density at radius 3 is 2.84 bits per heavy atom. The number of amides is 1. The summed E-state index contributed by atoms with van der Waals surface area (Å²) >= 11 is 0. The molecule has 9 nitrogen and oxygen atoms in total. The van der Waals surface area contributed by atoms with Crippen molar-refractivity contribution in [1.29, 1.82) is 0 Å². The van der Waals surface area contributed by atoms with E-state index >= 15 is 0 Å². The smallest absolute Gasteiger partial charge is 0.249 e. The lowest BCUT2D eigenvalue weighted by Gasteiger charge is -2.00. The van der Waals surface area contributed by atoms with Gasteiger partial charge in [0.2, 0.25) is 11.9 Å². The summed E-state index contributed by atoms with van der Waals surface area (Å²) in [4.78, 5) is 16.3. The Hall–Kier alpha value is -3.49. The van der Waals surface area contributed by atoms with Crippen molar-refractivity contribution in [1.82, 2.24) is 34.2 Å². The van der Waals surface area contributed by atoms with Gasteiger partial charge in [0, 0.05) is 43.0 Å². The number of hydrogen-bond donors (Lipinski definition) is 1. The molecule has 0 radical (unpaired) electrons. The number of carbonyl (C=O) groups excluding carboxylic acids is 1. The minimum atomic E-state index is -0.233. The molecule has 0 spiro atoms. The van der Waals surface area contributed by atoms with E-state index in [0.717, 1.165) is 16.8 Å². The zero-order chi connectivity index (χ0) is 17.4. The van der Waals surface area contributed by atoms with Crippen LogP contribution in [-0.4, -0.2) is 40.1 Å². The maximum absolute atomic E-state index is 12.0. The highest BCUT2D eigenvalue weighted by molar-refractivity contribution is 5.88. The van der Waals surface area contributed by atoms with Gasteiger partial charge in [0.1, 0.15) is 6.54 Å². The van der Waals surface area contributed by atoms with E-state index in [1.54, 1.807) is 27.7 Å². The largest absolute Gasteiger partial charge is 0.292 e. The quantitative estimate of drug-likeness (QED) is 0.606. The van der Waals surface area contributed by atoms with Crippen LogP contribution in [0.25, 0.3) is 16.8 Å². The summed E-state index contributed by atoms with van der Waals surface area (Å²) in [5.41, 5.74) is 3.61. The van der Waals surface area contributed by atoms with Crippen LogP contribution in [0.5, 0.6) is 0 Å². The zero-order valence-corrected chi connectivity index (χ0v) is 13.8. The molecular weight excluding hydrogens is 320 g/mol. The van der Waals surface area contributed by atoms with Gasteiger partial charge in [0.25, 0.3) is 0 Å². The summed E-state index contributed by atoms with van der Waals surface area (Å²) in [5, 5.41) is 15.4. The molecule has 0 bridgehead atoms. The van der Waals surface area contributed by atoms with E-state index in [1.165, 1.54) is 4.68 Å². The molecule has 0 atom stereocenters. The highest BCUT2D eigenvalue weighted by atomic mass is 16.2. The minimum Gasteiger partial charge on any atom is -0.292 e. The number of hydrogen-bond acceptors (Lipinski definition) is 5. The van der Waals surface area contributed by atoms with Gasteiger partial charge < -0.3 is 0 Å². The maximum Gasteiger partial charge on any atom is 0.249 e. The van der Waals surface area contributed by atoms with Crippen LogP contribution in [0, 0.1) is 6.92 Å². The SMILES string of the molecule is Cc1nn(C)cc1-c1ccc2nc(NC(=O)Cn3cccn3)nn2c1. The molecule has 4 aromatic heterocycles. The first kappa shape index (κ1) is 15.1. The first-order valence-corrected chi connectivity index (χ1v) is 7.73. The second-order valence-electron chi connectivity index (χ2n) is 5.71. The van der Waals surface area contributed by atoms with Crippen LogP contribution in [-0.2, 0) is 18.4 Å². The van der Waals surface area contributed by atoms with E-state index in [-0.39, 0.29) is 18.4 Å². The van der Waals surface area contributed by atoms with E-state index in [4.69, 9.17) is 0 Å². The Bertz CT molecular complexity index is 1040. The van der Waals surface area contributed by atoms with Gasteiger partial charge >= 0.3 is 0 Å². The summed E-state index contributed by atoms with van der Waals surface area (Å²) < 4.78 is 4.96. The molecule has 0 aliphatic heterocycles. The van der Waals surface area contributed by atoms with Crippen LogP contribution in [0.4, 0.5) is 5.95 Å². The van der Waals surface area contributed by atoms with Crippen molar-refractivity contribution >= 4 is 17.5 Å². The predicted molar refractivity (Wildman–Crippen MR) is 90.8 cm³/mol. The Labute approximate surface area is 142 Å². The summed E-state index contributed by atoms with van der Waals surface area (Å²) in [5.74, 6) is 0.0279. The van der Waals surface area contributed by atoms with Crippen molar-refractivity contribution in [3.63, 3.8) is 0 Å². The van der Waals surface area contributed by atoms with Crippen molar-refractivity contribution < 1.29 is 4.79 Å². The van der Waals surface area contributed by atoms with Crippen molar-refractivity contribution in [2.75, 3.05) is 5.32 Å². The van der Waals surface area contributed by atoms with Gasteiger partial charge in [0.05, 0.1) is 5.69 Å². The van der Waals surface area contributed by atoms with Crippen LogP contribution < -0.4 is 5.32 Å². The highest BCUT2D eigenvalue weighted by Gasteiger charge is 2.11. The second kappa shape index (κ2) is 5.86. The molecule has 4 aromatic rings. The third kappa shape index (κ3) is 2.99. The van der Waals surface area contributed by atoms with Gasteiger partial charge in [0.15, 0.2) is 5.65 Å². The van der Waals surface area contributed by atoms with Crippen LogP contribution in [0.2, 0.25) is 0 Å². The molecule has 25 heavy (non-hydrogen) atoms. The van der Waals surface area contributed by atoms with Gasteiger partial charge in [-0.2, -0.15) is 15.2 Å². The van der Waals surface area contributed by atoms with E-state index in [2.05, 4.69) is 25.6 Å². The van der Waals surface area contributed by atoms with Crippen molar-refractivity contribution in [3.05, 3.63) is 48.7 Å². The molecule has 0 aromatic carbocycles. The maximum atomic E-state index is 12.0. The standard InChI is InChI=1S/C16H16N8O/c1-11-13(9-22(2)20-11)12-4-5-14-18-16(21-24(14)8-12)19-15(25)10-23-7-3-6-17-23/h3-9H,10H2,1-2H3,(H,19,21,25). The molecule has 4 rings (SSSR count). The minimum absolute atomic E-state index is 0.114. The molecule has 0 unspecified atom stereocenters. The van der Waals surface area contributed by atoms with Gasteiger partial charge in [-0.1, -0.05) is 0 Å². The van der Waals surface area contributed by atoms with Crippen LogP contribution >= 0.6 is 0 Å². The molecule has 1 amide bonds. The normalized spacial score (nSPS) is 11.1. The molecule has 1 N–H and O–H groups in total. The highest BCUT2D eigenvalue weighted by Crippen LogP contribution is 2.22. The molecule has 0 aliphatic carbocycles. The zero-order valence-electron chi connectivity index (χ0n) is 13.8. The topological polar surface area (TPSA) is 94.9 Å². The van der Waals surface area contributed by atoms with Crippen molar-refractivity contribution in [2.24, 2.45) is 7.05 Å². The van der Waals surface area contributed by atoms with Crippen LogP contribution in [0.3, 0.4) is 0 Å². The first-order valence-electron chi connectivity index (χ1n) is 7.73. The number of aryl methyl sites for hydroxylation is 2. The molecule has 0 saturated heterocycles. The van der Waals surface area contributed by atoms with Gasteiger partial charge in [-0.05, 0) is 25.1 Å². The van der Waals surface area contributed by atoms with Crippen LogP contribution in [0.15, 0.2) is 43.0 Å². The van der Waals surface area contributed by atoms with Gasteiger partial charge in [-0.15, -0.1) is 5.10 Å². The summed E-state index contributed by atoms with van der Waals surface area (Å²) in [6.07, 6.45) is 7.17. The lowest BCUT2D eigenvalue weighted by molar-refractivity contribution is -0.116. The second-order valence-corrected chi connectivity index (χ2v) is 5.71. The average Bonchev–Trinajstić information content (AvgIpc) is 3.26. The summed E-state index contributed by atoms with van der Waals surface area (Å²) in [6, 6.07) is 5.58. The van der Waals surface area contributed by atoms with Crippen molar-refractivity contribution in [2.45, 2.75) is 13.5 Å². The number of rotatable bonds is 4. The van der Waals surface area contributed by atoms with E-state index < -0.39 is 0 Å². The number of nitrogens with one attached hydrogen (secondary N) is 1. The molecule has 4 heterocycles. The molecule has 126 valence electrons. The number of pyridine rings is 1. The fourth-order valence-electron chi connectivity index (χ4n) is 2.68. The Morgan fingerprint density at radius 1 is 1.24 bits per heavy atom. The Balaban J connectivity index is 1.58. The predicted octanol–water partition coefficient (Wildman–Crippen LogP) is 1.27. The van der Waals surface area contributed by atoms with Gasteiger partial charge in [-0.25, -0.2) is 4.52 Å². The lowest BCUT2D eigenvalue weighted by atomic mass is 10.1. The van der Waals surface area contributed by atoms with E-state index in [1.807, 2.05) is 38.5 Å². The van der Waals surface area contributed by atoms with Crippen molar-refractivity contribution in [3.8, 4) is 11.1 Å². The number of carbonyl (C=O) groups is 1. The number of nitrogens with zero attached hydrogens (tertiary/aromatic N) is 7. The van der Waals surface area contributed by atoms with Gasteiger partial charge in [-0.3, -0.25) is 19.5 Å². The fraction of sp³-hybridized carbons (Fsp3) is 0.188. The first-order chi connectivity index (χ1) is 12.1. The monoisotopic (exact) mass is 336 g/mol. The number of fused-ring (bicyclic) bond motifs is 1. The molecule has 9 heteroatoms. The van der Waals surface area contributed by atoms with E-state index in [0.29, 0.717) is 5.65 Å². The Kier molecular flexibility index (Phi) is 3.53. The average molecular weight is 336 g/mol. The Morgan fingerprint density at radius 2 is 2.12 bits per heavy atom. The summed E-state index contributed by atoms with van der Waals surface area (Å²) in [7, 11) is 1.89. The number of aromatic nitrogens is 7.